The molecule has 0 aliphatic heterocycles. The lowest BCUT2D eigenvalue weighted by Crippen LogP contribution is -2.34. The fraction of sp³-hybridized carbons (Fsp3) is 0.294. The quantitative estimate of drug-likeness (QED) is 0.847. The maximum atomic E-state index is 12.7. The standard InChI is InChI=1S/C17H17F3N2O4/c1-25-13-6-5-11(8-14(13)26-2)9-21-15(23)10-22-7-3-4-12(16(22)24)17(18,19)20/h3-8H,9-10H2,1-2H3,(H,21,23). The van der Waals surface area contributed by atoms with Gasteiger partial charge in [-0.1, -0.05) is 6.07 Å². The summed E-state index contributed by atoms with van der Waals surface area (Å²) in [4.78, 5) is 23.8. The number of alkyl halides is 3. The third-order valence-electron chi connectivity index (χ3n) is 3.58. The zero-order valence-electron chi connectivity index (χ0n) is 14.1. The molecule has 0 spiro atoms. The number of methoxy groups -OCH3 is 2. The fourth-order valence-corrected chi connectivity index (χ4v) is 2.28. The monoisotopic (exact) mass is 370 g/mol. The Morgan fingerprint density at radius 2 is 1.85 bits per heavy atom. The van der Waals surface area contributed by atoms with E-state index < -0.39 is 29.8 Å². The minimum atomic E-state index is -4.77. The van der Waals surface area contributed by atoms with Crippen LogP contribution in [0.2, 0.25) is 0 Å². The van der Waals surface area contributed by atoms with Crippen molar-refractivity contribution < 1.29 is 27.4 Å². The summed E-state index contributed by atoms with van der Waals surface area (Å²) in [5.74, 6) is 0.410. The first-order chi connectivity index (χ1) is 12.3. The normalized spacial score (nSPS) is 11.1. The van der Waals surface area contributed by atoms with Crippen LogP contribution in [-0.2, 0) is 24.1 Å². The molecule has 0 saturated heterocycles. The molecule has 0 fully saturated rings. The van der Waals surface area contributed by atoms with Crippen LogP contribution in [0.25, 0.3) is 0 Å². The van der Waals surface area contributed by atoms with Gasteiger partial charge < -0.3 is 19.4 Å². The first kappa shape index (κ1) is 19.4. The molecule has 0 unspecified atom stereocenters. The van der Waals surface area contributed by atoms with Crippen LogP contribution in [0.4, 0.5) is 13.2 Å². The first-order valence-corrected chi connectivity index (χ1v) is 7.50. The first-order valence-electron chi connectivity index (χ1n) is 7.50. The van der Waals surface area contributed by atoms with Crippen molar-refractivity contribution in [2.24, 2.45) is 0 Å². The Labute approximate surface area is 147 Å². The van der Waals surface area contributed by atoms with E-state index >= 15 is 0 Å². The highest BCUT2D eigenvalue weighted by Crippen LogP contribution is 2.27. The third kappa shape index (κ3) is 4.56. The van der Waals surface area contributed by atoms with E-state index in [2.05, 4.69) is 5.32 Å². The van der Waals surface area contributed by atoms with Gasteiger partial charge >= 0.3 is 6.18 Å². The number of nitrogens with zero attached hydrogens (tertiary/aromatic N) is 1. The minimum absolute atomic E-state index is 0.118. The van der Waals surface area contributed by atoms with E-state index in [1.54, 1.807) is 18.2 Å². The van der Waals surface area contributed by atoms with Crippen LogP contribution in [0.5, 0.6) is 11.5 Å². The number of carbonyl (C=O) groups excluding carboxylic acids is 1. The summed E-state index contributed by atoms with van der Waals surface area (Å²) in [6, 6.07) is 6.79. The van der Waals surface area contributed by atoms with E-state index in [0.29, 0.717) is 27.7 Å². The van der Waals surface area contributed by atoms with Gasteiger partial charge in [0.05, 0.1) is 14.2 Å². The fourth-order valence-electron chi connectivity index (χ4n) is 2.28. The third-order valence-corrected chi connectivity index (χ3v) is 3.58. The van der Waals surface area contributed by atoms with E-state index in [1.165, 1.54) is 14.2 Å². The van der Waals surface area contributed by atoms with E-state index in [-0.39, 0.29) is 6.54 Å². The molecule has 1 heterocycles. The Bertz CT molecular complexity index is 847. The second-order valence-electron chi connectivity index (χ2n) is 5.32. The smallest absolute Gasteiger partial charge is 0.421 e. The summed E-state index contributed by atoms with van der Waals surface area (Å²) in [6.07, 6.45) is -3.64. The largest absolute Gasteiger partial charge is 0.493 e. The summed E-state index contributed by atoms with van der Waals surface area (Å²) in [6.45, 7) is -0.400. The summed E-state index contributed by atoms with van der Waals surface area (Å²) >= 11 is 0. The predicted molar refractivity (Wildman–Crippen MR) is 87.1 cm³/mol. The maximum Gasteiger partial charge on any atom is 0.421 e. The van der Waals surface area contributed by atoms with Crippen molar-refractivity contribution in [3.05, 3.63) is 58.0 Å². The molecule has 0 saturated carbocycles. The van der Waals surface area contributed by atoms with E-state index in [0.717, 1.165) is 12.3 Å². The lowest BCUT2D eigenvalue weighted by molar-refractivity contribution is -0.139. The van der Waals surface area contributed by atoms with Crippen molar-refractivity contribution in [3.63, 3.8) is 0 Å². The molecule has 0 aliphatic rings. The molecule has 1 amide bonds. The molecule has 1 aromatic carbocycles. The summed E-state index contributed by atoms with van der Waals surface area (Å²) in [5.41, 5.74) is -1.87. The van der Waals surface area contributed by atoms with Crippen molar-refractivity contribution in [2.45, 2.75) is 19.3 Å². The number of pyridine rings is 1. The Balaban J connectivity index is 2.05. The number of amides is 1. The molecule has 6 nitrogen and oxygen atoms in total. The highest BCUT2D eigenvalue weighted by molar-refractivity contribution is 5.75. The van der Waals surface area contributed by atoms with Crippen LogP contribution < -0.4 is 20.3 Å². The van der Waals surface area contributed by atoms with E-state index in [9.17, 15) is 22.8 Å². The molecule has 0 aliphatic carbocycles. The number of ether oxygens (including phenoxy) is 2. The molecule has 0 atom stereocenters. The Morgan fingerprint density at radius 1 is 1.15 bits per heavy atom. The highest BCUT2D eigenvalue weighted by Gasteiger charge is 2.34. The van der Waals surface area contributed by atoms with Crippen molar-refractivity contribution in [2.75, 3.05) is 14.2 Å². The van der Waals surface area contributed by atoms with Crippen molar-refractivity contribution in [1.82, 2.24) is 9.88 Å². The second-order valence-corrected chi connectivity index (χ2v) is 5.32. The molecule has 2 aromatic rings. The van der Waals surface area contributed by atoms with Crippen molar-refractivity contribution in [1.29, 1.82) is 0 Å². The van der Waals surface area contributed by atoms with Crippen LogP contribution in [-0.4, -0.2) is 24.7 Å². The van der Waals surface area contributed by atoms with Gasteiger partial charge in [0, 0.05) is 12.7 Å². The van der Waals surface area contributed by atoms with Gasteiger partial charge in [0.25, 0.3) is 5.56 Å². The number of aromatic nitrogens is 1. The number of hydrogen-bond donors (Lipinski definition) is 1. The molecule has 0 bridgehead atoms. The molecule has 1 N–H and O–H groups in total. The number of rotatable bonds is 6. The van der Waals surface area contributed by atoms with Crippen LogP contribution in [0.15, 0.2) is 41.3 Å². The number of carbonyl (C=O) groups is 1. The predicted octanol–water partition coefficient (Wildman–Crippen LogP) is 2.20. The van der Waals surface area contributed by atoms with Gasteiger partial charge in [-0.05, 0) is 29.8 Å². The molecule has 140 valence electrons. The summed E-state index contributed by atoms with van der Waals surface area (Å²) in [5, 5.41) is 2.55. The summed E-state index contributed by atoms with van der Waals surface area (Å²) < 4.78 is 49.2. The molecule has 0 radical (unpaired) electrons. The van der Waals surface area contributed by atoms with Gasteiger partial charge in [0.1, 0.15) is 12.1 Å². The molecule has 1 aromatic heterocycles. The minimum Gasteiger partial charge on any atom is -0.493 e. The number of hydrogen-bond acceptors (Lipinski definition) is 4. The van der Waals surface area contributed by atoms with Crippen molar-refractivity contribution in [3.8, 4) is 11.5 Å². The summed E-state index contributed by atoms with van der Waals surface area (Å²) in [7, 11) is 2.96. The Morgan fingerprint density at radius 3 is 2.46 bits per heavy atom. The molecular formula is C17H17F3N2O4. The van der Waals surface area contributed by atoms with Gasteiger partial charge in [-0.15, -0.1) is 0 Å². The molecule has 9 heteroatoms. The van der Waals surface area contributed by atoms with E-state index in [1.807, 2.05) is 0 Å². The van der Waals surface area contributed by atoms with Gasteiger partial charge in [-0.25, -0.2) is 0 Å². The SMILES string of the molecule is COc1ccc(CNC(=O)Cn2cccc(C(F)(F)F)c2=O)cc1OC. The second kappa shape index (κ2) is 7.94. The van der Waals surface area contributed by atoms with Crippen LogP contribution in [0.3, 0.4) is 0 Å². The van der Waals surface area contributed by atoms with Crippen LogP contribution in [0, 0.1) is 0 Å². The molecule has 2 rings (SSSR count). The number of halogens is 3. The topological polar surface area (TPSA) is 69.6 Å². The average molecular weight is 370 g/mol. The zero-order chi connectivity index (χ0) is 19.3. The molecule has 26 heavy (non-hydrogen) atoms. The van der Waals surface area contributed by atoms with Gasteiger partial charge in [0.15, 0.2) is 11.5 Å². The van der Waals surface area contributed by atoms with E-state index in [4.69, 9.17) is 9.47 Å². The average Bonchev–Trinajstić information content (AvgIpc) is 2.60. The van der Waals surface area contributed by atoms with Crippen LogP contribution in [0.1, 0.15) is 11.1 Å². The number of benzene rings is 1. The number of nitrogens with one attached hydrogen (secondary N) is 1. The van der Waals surface area contributed by atoms with Crippen LogP contribution >= 0.6 is 0 Å². The van der Waals surface area contributed by atoms with Gasteiger partial charge in [0.2, 0.25) is 5.91 Å². The molecular weight excluding hydrogens is 353 g/mol. The zero-order valence-corrected chi connectivity index (χ0v) is 14.1. The van der Waals surface area contributed by atoms with Gasteiger partial charge in [-0.3, -0.25) is 9.59 Å². The Hall–Kier alpha value is -2.97. The van der Waals surface area contributed by atoms with Crippen molar-refractivity contribution >= 4 is 5.91 Å². The Kier molecular flexibility index (Phi) is 5.91. The highest BCUT2D eigenvalue weighted by atomic mass is 19.4. The lowest BCUT2D eigenvalue weighted by atomic mass is 10.2. The van der Waals surface area contributed by atoms with Gasteiger partial charge in [-0.2, -0.15) is 13.2 Å². The maximum absolute atomic E-state index is 12.7. The lowest BCUT2D eigenvalue weighted by Gasteiger charge is -2.12.